The molecule has 2 aromatic heterocycles. The maximum atomic E-state index is 5.92. The standard InChI is InChI=1S/C29H31N5S/c1-20-18-25(21(2)33(20)19-22-10-6-5-7-11-22)28-27(26-12-8-9-17-30-26)31-29(35)34(28)24-15-13-23(14-16-24)32(3)4/h5-18,27-28H,19H2,1-4H3,(H,31,35)/t27-,28-/m0/s1. The SMILES string of the molecule is Cc1cc([C@H]2[C@H](c3ccccn3)NC(=S)N2c2ccc(N(C)C)cc2)c(C)n1Cc1ccccc1. The Morgan fingerprint density at radius 3 is 2.31 bits per heavy atom. The van der Waals surface area contributed by atoms with Gasteiger partial charge in [-0.3, -0.25) is 4.98 Å². The number of pyridine rings is 1. The minimum Gasteiger partial charge on any atom is -0.378 e. The highest BCUT2D eigenvalue weighted by atomic mass is 32.1. The van der Waals surface area contributed by atoms with Gasteiger partial charge in [-0.1, -0.05) is 36.4 Å². The third kappa shape index (κ3) is 4.42. The molecule has 1 saturated heterocycles. The lowest BCUT2D eigenvalue weighted by molar-refractivity contribution is 0.563. The summed E-state index contributed by atoms with van der Waals surface area (Å²) in [6.07, 6.45) is 1.85. The first kappa shape index (κ1) is 23.1. The van der Waals surface area contributed by atoms with Crippen LogP contribution >= 0.6 is 12.2 Å². The Bertz CT molecular complexity index is 1310. The first-order chi connectivity index (χ1) is 16.9. The van der Waals surface area contributed by atoms with E-state index in [1.165, 1.54) is 22.5 Å². The van der Waals surface area contributed by atoms with Crippen LogP contribution in [0, 0.1) is 13.8 Å². The van der Waals surface area contributed by atoms with Crippen molar-refractivity contribution >= 4 is 28.7 Å². The van der Waals surface area contributed by atoms with E-state index in [1.54, 1.807) is 0 Å². The van der Waals surface area contributed by atoms with Gasteiger partial charge in [0.05, 0.1) is 17.8 Å². The molecule has 1 fully saturated rings. The number of nitrogens with one attached hydrogen (secondary N) is 1. The second kappa shape index (κ2) is 9.55. The lowest BCUT2D eigenvalue weighted by Gasteiger charge is -2.28. The number of aryl methyl sites for hydroxylation is 1. The van der Waals surface area contributed by atoms with Gasteiger partial charge in [0.2, 0.25) is 0 Å². The summed E-state index contributed by atoms with van der Waals surface area (Å²) in [5.74, 6) is 0. The van der Waals surface area contributed by atoms with E-state index in [0.717, 1.165) is 28.7 Å². The quantitative estimate of drug-likeness (QED) is 0.353. The van der Waals surface area contributed by atoms with Crippen LogP contribution in [-0.4, -0.2) is 28.8 Å². The molecular formula is C29H31N5S. The minimum absolute atomic E-state index is 0.0154. The average Bonchev–Trinajstić information content (AvgIpc) is 3.36. The van der Waals surface area contributed by atoms with E-state index in [1.807, 2.05) is 18.3 Å². The van der Waals surface area contributed by atoms with Crippen LogP contribution in [0.5, 0.6) is 0 Å². The molecule has 0 amide bonds. The fraction of sp³-hybridized carbons (Fsp3) is 0.241. The van der Waals surface area contributed by atoms with Gasteiger partial charge in [0, 0.05) is 49.6 Å². The molecule has 0 radical (unpaired) electrons. The zero-order chi connectivity index (χ0) is 24.5. The van der Waals surface area contributed by atoms with Crippen molar-refractivity contribution in [1.29, 1.82) is 0 Å². The molecule has 1 aliphatic heterocycles. The van der Waals surface area contributed by atoms with Gasteiger partial charge in [-0.15, -0.1) is 0 Å². The van der Waals surface area contributed by atoms with Crippen molar-refractivity contribution in [2.24, 2.45) is 0 Å². The number of hydrogen-bond donors (Lipinski definition) is 1. The highest BCUT2D eigenvalue weighted by Crippen LogP contribution is 2.43. The molecule has 0 aliphatic carbocycles. The predicted molar refractivity (Wildman–Crippen MR) is 148 cm³/mol. The maximum absolute atomic E-state index is 5.92. The first-order valence-corrected chi connectivity index (χ1v) is 12.3. The first-order valence-electron chi connectivity index (χ1n) is 11.9. The third-order valence-corrected chi connectivity index (χ3v) is 7.17. The summed E-state index contributed by atoms with van der Waals surface area (Å²) in [7, 11) is 4.11. The van der Waals surface area contributed by atoms with Gasteiger partial charge in [0.15, 0.2) is 5.11 Å². The Morgan fingerprint density at radius 1 is 0.943 bits per heavy atom. The predicted octanol–water partition coefficient (Wildman–Crippen LogP) is 5.79. The van der Waals surface area contributed by atoms with Crippen LogP contribution in [-0.2, 0) is 6.54 Å². The van der Waals surface area contributed by atoms with Crippen molar-refractivity contribution in [3.05, 3.63) is 113 Å². The van der Waals surface area contributed by atoms with Crippen molar-refractivity contribution in [3.8, 4) is 0 Å². The van der Waals surface area contributed by atoms with E-state index in [2.05, 4.69) is 114 Å². The largest absolute Gasteiger partial charge is 0.378 e. The zero-order valence-corrected chi connectivity index (χ0v) is 21.5. The monoisotopic (exact) mass is 481 g/mol. The van der Waals surface area contributed by atoms with Gasteiger partial charge in [0.25, 0.3) is 0 Å². The number of aromatic nitrogens is 2. The molecule has 2 aromatic carbocycles. The van der Waals surface area contributed by atoms with Crippen LogP contribution in [0.2, 0.25) is 0 Å². The summed E-state index contributed by atoms with van der Waals surface area (Å²) in [6, 6.07) is 27.5. The molecule has 35 heavy (non-hydrogen) atoms. The summed E-state index contributed by atoms with van der Waals surface area (Å²) in [4.78, 5) is 9.06. The summed E-state index contributed by atoms with van der Waals surface area (Å²) in [5, 5.41) is 4.30. The van der Waals surface area contributed by atoms with E-state index < -0.39 is 0 Å². The summed E-state index contributed by atoms with van der Waals surface area (Å²) < 4.78 is 2.40. The molecule has 178 valence electrons. The highest BCUT2D eigenvalue weighted by Gasteiger charge is 2.42. The van der Waals surface area contributed by atoms with E-state index in [9.17, 15) is 0 Å². The van der Waals surface area contributed by atoms with Crippen LogP contribution < -0.4 is 15.1 Å². The Hall–Kier alpha value is -3.64. The van der Waals surface area contributed by atoms with E-state index in [0.29, 0.717) is 0 Å². The zero-order valence-electron chi connectivity index (χ0n) is 20.6. The van der Waals surface area contributed by atoms with Crippen molar-refractivity contribution in [2.75, 3.05) is 23.9 Å². The Labute approximate surface area is 213 Å². The molecule has 6 heteroatoms. The van der Waals surface area contributed by atoms with Crippen molar-refractivity contribution in [3.63, 3.8) is 0 Å². The lowest BCUT2D eigenvalue weighted by Crippen LogP contribution is -2.29. The molecule has 1 aliphatic rings. The molecule has 0 unspecified atom stereocenters. The fourth-order valence-corrected chi connectivity index (χ4v) is 5.34. The van der Waals surface area contributed by atoms with Gasteiger partial charge in [-0.25, -0.2) is 0 Å². The Kier molecular flexibility index (Phi) is 6.31. The van der Waals surface area contributed by atoms with Crippen LogP contribution in [0.25, 0.3) is 0 Å². The van der Waals surface area contributed by atoms with Crippen LogP contribution in [0.1, 0.15) is 40.3 Å². The smallest absolute Gasteiger partial charge is 0.174 e. The number of benzene rings is 2. The van der Waals surface area contributed by atoms with Crippen LogP contribution in [0.3, 0.4) is 0 Å². The Balaban J connectivity index is 1.60. The topological polar surface area (TPSA) is 36.3 Å². The molecule has 2 atom stereocenters. The minimum atomic E-state index is -0.0529. The number of thiocarbonyl (C=S) groups is 1. The molecular weight excluding hydrogens is 450 g/mol. The van der Waals surface area contributed by atoms with Crippen LogP contribution in [0.4, 0.5) is 11.4 Å². The summed E-state index contributed by atoms with van der Waals surface area (Å²) >= 11 is 5.92. The number of nitrogens with zero attached hydrogens (tertiary/aromatic N) is 4. The van der Waals surface area contributed by atoms with E-state index in [4.69, 9.17) is 17.2 Å². The summed E-state index contributed by atoms with van der Waals surface area (Å²) in [5.41, 5.74) is 8.26. The molecule has 3 heterocycles. The number of hydrogen-bond acceptors (Lipinski definition) is 3. The third-order valence-electron chi connectivity index (χ3n) is 6.86. The van der Waals surface area contributed by atoms with Crippen molar-refractivity contribution in [1.82, 2.24) is 14.9 Å². The molecule has 5 nitrogen and oxygen atoms in total. The van der Waals surface area contributed by atoms with Gasteiger partial charge < -0.3 is 19.7 Å². The van der Waals surface area contributed by atoms with E-state index >= 15 is 0 Å². The van der Waals surface area contributed by atoms with Crippen molar-refractivity contribution < 1.29 is 0 Å². The van der Waals surface area contributed by atoms with Gasteiger partial charge in [-0.05, 0) is 79.7 Å². The molecule has 0 saturated carbocycles. The number of rotatable bonds is 6. The fourth-order valence-electron chi connectivity index (χ4n) is 5.00. The van der Waals surface area contributed by atoms with Crippen LogP contribution in [0.15, 0.2) is 85.1 Å². The normalized spacial score (nSPS) is 17.5. The van der Waals surface area contributed by atoms with Gasteiger partial charge in [0.1, 0.15) is 0 Å². The number of anilines is 2. The maximum Gasteiger partial charge on any atom is 0.174 e. The second-order valence-electron chi connectivity index (χ2n) is 9.31. The molecule has 4 aromatic rings. The van der Waals surface area contributed by atoms with Gasteiger partial charge >= 0.3 is 0 Å². The van der Waals surface area contributed by atoms with E-state index in [-0.39, 0.29) is 12.1 Å². The Morgan fingerprint density at radius 2 is 1.66 bits per heavy atom. The highest BCUT2D eigenvalue weighted by molar-refractivity contribution is 7.80. The molecule has 5 rings (SSSR count). The molecule has 0 bridgehead atoms. The summed E-state index contributed by atoms with van der Waals surface area (Å²) in [6.45, 7) is 5.25. The average molecular weight is 482 g/mol. The lowest BCUT2D eigenvalue weighted by atomic mass is 9.96. The van der Waals surface area contributed by atoms with Crippen molar-refractivity contribution in [2.45, 2.75) is 32.5 Å². The molecule has 0 spiro atoms. The molecule has 1 N–H and O–H groups in total. The second-order valence-corrected chi connectivity index (χ2v) is 9.69. The van der Waals surface area contributed by atoms with Gasteiger partial charge in [-0.2, -0.15) is 0 Å².